The Labute approximate surface area is 208 Å². The second-order valence-corrected chi connectivity index (χ2v) is 14.0. The van der Waals surface area contributed by atoms with Gasteiger partial charge in [0.05, 0.1) is 0 Å². The molecule has 0 N–H and O–H groups in total. The summed E-state index contributed by atoms with van der Waals surface area (Å²) in [6.45, 7) is 25.7. The molecule has 0 aliphatic rings. The van der Waals surface area contributed by atoms with Crippen molar-refractivity contribution in [2.24, 2.45) is 0 Å². The molecule has 7 nitrogen and oxygen atoms in total. The van der Waals surface area contributed by atoms with Gasteiger partial charge >= 0.3 is 17.6 Å². The fourth-order valence-corrected chi connectivity index (χ4v) is 11.6. The maximum atomic E-state index is 6.89. The zero-order valence-electron chi connectivity index (χ0n) is 23.2. The summed E-state index contributed by atoms with van der Waals surface area (Å²) in [5.41, 5.74) is 0. The highest BCUT2D eigenvalue weighted by Crippen LogP contribution is 2.28. The Kier molecular flexibility index (Phi) is 20.5. The SMILES string of the molecule is CCCN(CC)CCC[Si](OCC)(OCC)O[Si](CCCN(CC)CCC)(OCC)OCC. The molecule has 0 aromatic carbocycles. The van der Waals surface area contributed by atoms with Crippen molar-refractivity contribution in [1.29, 1.82) is 0 Å². The predicted octanol–water partition coefficient (Wildman–Crippen LogP) is 5.27. The van der Waals surface area contributed by atoms with Crippen molar-refractivity contribution >= 4 is 17.6 Å². The monoisotopic (exact) mass is 508 g/mol. The van der Waals surface area contributed by atoms with Gasteiger partial charge in [0.15, 0.2) is 0 Å². The summed E-state index contributed by atoms with van der Waals surface area (Å²) in [5.74, 6) is 0. The van der Waals surface area contributed by atoms with Crippen molar-refractivity contribution < 1.29 is 21.8 Å². The van der Waals surface area contributed by atoms with Crippen LogP contribution < -0.4 is 0 Å². The Balaban J connectivity index is 5.56. The van der Waals surface area contributed by atoms with Gasteiger partial charge in [-0.15, -0.1) is 0 Å². The fourth-order valence-electron chi connectivity index (χ4n) is 4.24. The molecule has 9 heteroatoms. The summed E-state index contributed by atoms with van der Waals surface area (Å²) >= 11 is 0. The molecule has 0 fully saturated rings. The van der Waals surface area contributed by atoms with Gasteiger partial charge in [-0.3, -0.25) is 0 Å². The molecule has 0 heterocycles. The lowest BCUT2D eigenvalue weighted by Crippen LogP contribution is -2.59. The van der Waals surface area contributed by atoms with Crippen LogP contribution in [0.3, 0.4) is 0 Å². The van der Waals surface area contributed by atoms with Gasteiger partial charge in [-0.1, -0.05) is 27.7 Å². The van der Waals surface area contributed by atoms with Gasteiger partial charge in [0.2, 0.25) is 0 Å². The van der Waals surface area contributed by atoms with E-state index in [-0.39, 0.29) is 0 Å². The molecule has 0 unspecified atom stereocenters. The zero-order valence-corrected chi connectivity index (χ0v) is 25.2. The normalized spacial score (nSPS) is 12.9. The van der Waals surface area contributed by atoms with Crippen LogP contribution in [-0.4, -0.2) is 93.1 Å². The molecule has 0 aliphatic carbocycles. The molecule has 0 amide bonds. The van der Waals surface area contributed by atoms with E-state index < -0.39 is 17.6 Å². The van der Waals surface area contributed by atoms with E-state index in [1.54, 1.807) is 0 Å². The molecule has 0 bridgehead atoms. The van der Waals surface area contributed by atoms with Gasteiger partial charge in [0.1, 0.15) is 0 Å². The van der Waals surface area contributed by atoms with Crippen LogP contribution in [0.2, 0.25) is 12.1 Å². The first kappa shape index (κ1) is 33.2. The van der Waals surface area contributed by atoms with E-state index in [9.17, 15) is 0 Å². The summed E-state index contributed by atoms with van der Waals surface area (Å²) in [4.78, 5) is 4.97. The average Bonchev–Trinajstić information content (AvgIpc) is 2.78. The Morgan fingerprint density at radius 2 is 0.818 bits per heavy atom. The number of hydrogen-bond donors (Lipinski definition) is 0. The fraction of sp³-hybridized carbons (Fsp3) is 1.00. The summed E-state index contributed by atoms with van der Waals surface area (Å²) < 4.78 is 32.2. The number of hydrogen-bond acceptors (Lipinski definition) is 7. The largest absolute Gasteiger partial charge is 0.493 e. The van der Waals surface area contributed by atoms with Gasteiger partial charge in [0.25, 0.3) is 0 Å². The Morgan fingerprint density at radius 3 is 1.06 bits per heavy atom. The third-order valence-corrected chi connectivity index (χ3v) is 13.0. The smallest absolute Gasteiger partial charge is 0.374 e. The van der Waals surface area contributed by atoms with E-state index in [2.05, 4.69) is 37.5 Å². The third kappa shape index (κ3) is 13.7. The number of nitrogens with zero attached hydrogens (tertiary/aromatic N) is 2. The van der Waals surface area contributed by atoms with Crippen LogP contribution in [0.1, 0.15) is 81.1 Å². The molecule has 0 aromatic rings. The van der Waals surface area contributed by atoms with Crippen LogP contribution in [0.25, 0.3) is 0 Å². The lowest BCUT2D eigenvalue weighted by molar-refractivity contribution is 0.0480. The van der Waals surface area contributed by atoms with Crippen molar-refractivity contribution in [3.8, 4) is 0 Å². The molecular weight excluding hydrogens is 452 g/mol. The first-order chi connectivity index (χ1) is 15.9. The van der Waals surface area contributed by atoms with Gasteiger partial charge in [-0.05, 0) is 92.6 Å². The summed E-state index contributed by atoms with van der Waals surface area (Å²) in [7, 11) is -5.87. The van der Waals surface area contributed by atoms with Gasteiger partial charge in [-0.25, -0.2) is 0 Å². The highest BCUT2D eigenvalue weighted by Gasteiger charge is 2.53. The predicted molar refractivity (Wildman–Crippen MR) is 143 cm³/mol. The summed E-state index contributed by atoms with van der Waals surface area (Å²) in [6, 6.07) is 1.58. The second kappa shape index (κ2) is 20.4. The Hall–Kier alpha value is 0.154. The lowest BCUT2D eigenvalue weighted by Gasteiger charge is -2.38. The average molecular weight is 509 g/mol. The van der Waals surface area contributed by atoms with Gasteiger partial charge in [0, 0.05) is 38.5 Å². The van der Waals surface area contributed by atoms with Crippen LogP contribution in [0.15, 0.2) is 0 Å². The molecule has 0 rings (SSSR count). The van der Waals surface area contributed by atoms with E-state index in [0.29, 0.717) is 26.4 Å². The van der Waals surface area contributed by atoms with Crippen LogP contribution >= 0.6 is 0 Å². The van der Waals surface area contributed by atoms with Crippen LogP contribution in [0.5, 0.6) is 0 Å². The highest BCUT2D eigenvalue weighted by molar-refractivity contribution is 6.75. The quantitative estimate of drug-likeness (QED) is 0.165. The van der Waals surface area contributed by atoms with E-state index in [1.165, 1.54) is 12.8 Å². The van der Waals surface area contributed by atoms with E-state index >= 15 is 0 Å². The zero-order chi connectivity index (χ0) is 25.0. The minimum Gasteiger partial charge on any atom is -0.374 e. The van der Waals surface area contributed by atoms with E-state index in [0.717, 1.165) is 64.2 Å². The third-order valence-electron chi connectivity index (χ3n) is 5.66. The van der Waals surface area contributed by atoms with Gasteiger partial charge < -0.3 is 31.6 Å². The standard InChI is InChI=1S/C24H56N2O5Si2/c1-9-19-25(11-3)21-17-23-32(27-13-5,28-14-6)31-33(29-15-7,30-16-8)24-18-22-26(12-4)20-10-2/h9-24H2,1-8H3. The van der Waals surface area contributed by atoms with Crippen LogP contribution in [0, 0.1) is 0 Å². The number of rotatable bonds is 24. The first-order valence-electron chi connectivity index (χ1n) is 13.6. The molecule has 200 valence electrons. The Bertz CT molecular complexity index is 399. The minimum absolute atomic E-state index is 0.571. The summed E-state index contributed by atoms with van der Waals surface area (Å²) in [5, 5.41) is 0. The molecule has 0 radical (unpaired) electrons. The molecular formula is C24H56N2O5Si2. The molecule has 0 spiro atoms. The maximum absolute atomic E-state index is 6.89. The highest BCUT2D eigenvalue weighted by atomic mass is 28.5. The topological polar surface area (TPSA) is 52.6 Å². The van der Waals surface area contributed by atoms with Gasteiger partial charge in [-0.2, -0.15) is 0 Å². The van der Waals surface area contributed by atoms with Crippen molar-refractivity contribution in [1.82, 2.24) is 9.80 Å². The van der Waals surface area contributed by atoms with E-state index in [1.807, 2.05) is 27.7 Å². The molecule has 0 aliphatic heterocycles. The Morgan fingerprint density at radius 1 is 0.485 bits per heavy atom. The molecule has 0 saturated heterocycles. The molecule has 0 saturated carbocycles. The minimum atomic E-state index is -2.94. The molecule has 33 heavy (non-hydrogen) atoms. The first-order valence-corrected chi connectivity index (χ1v) is 17.5. The van der Waals surface area contributed by atoms with Crippen molar-refractivity contribution in [3.05, 3.63) is 0 Å². The van der Waals surface area contributed by atoms with Crippen LogP contribution in [-0.2, 0) is 21.8 Å². The maximum Gasteiger partial charge on any atom is 0.493 e. The summed E-state index contributed by atoms with van der Waals surface area (Å²) in [6.07, 6.45) is 4.31. The molecule has 0 aromatic heterocycles. The van der Waals surface area contributed by atoms with Crippen molar-refractivity contribution in [2.45, 2.75) is 93.2 Å². The lowest BCUT2D eigenvalue weighted by atomic mass is 10.3. The molecule has 0 atom stereocenters. The van der Waals surface area contributed by atoms with Crippen LogP contribution in [0.4, 0.5) is 0 Å². The second-order valence-electron chi connectivity index (χ2n) is 8.28. The van der Waals surface area contributed by atoms with E-state index in [4.69, 9.17) is 21.8 Å². The van der Waals surface area contributed by atoms with Crippen molar-refractivity contribution in [2.75, 3.05) is 65.7 Å². The van der Waals surface area contributed by atoms with Crippen molar-refractivity contribution in [3.63, 3.8) is 0 Å².